The number of rotatable bonds is 4. The van der Waals surface area contributed by atoms with E-state index < -0.39 is 0 Å². The SMILES string of the molecule is Cc1noc(CNCc2cc(F)ccc2Br)n1. The minimum absolute atomic E-state index is 0.251. The first kappa shape index (κ1) is 12.2. The molecular weight excluding hydrogens is 289 g/mol. The van der Waals surface area contributed by atoms with Gasteiger partial charge in [0.05, 0.1) is 6.54 Å². The van der Waals surface area contributed by atoms with Crippen LogP contribution in [-0.4, -0.2) is 10.1 Å². The maximum atomic E-state index is 13.0. The number of hydrogen-bond donors (Lipinski definition) is 1. The molecule has 6 heteroatoms. The molecule has 2 aromatic rings. The van der Waals surface area contributed by atoms with Gasteiger partial charge in [-0.2, -0.15) is 4.98 Å². The molecule has 1 heterocycles. The summed E-state index contributed by atoms with van der Waals surface area (Å²) in [6, 6.07) is 4.58. The lowest BCUT2D eigenvalue weighted by Gasteiger charge is -2.04. The molecule has 0 bridgehead atoms. The molecular formula is C11H11BrFN3O. The number of nitrogens with one attached hydrogen (secondary N) is 1. The quantitative estimate of drug-likeness (QED) is 0.943. The third kappa shape index (κ3) is 3.34. The van der Waals surface area contributed by atoms with E-state index in [1.54, 1.807) is 13.0 Å². The van der Waals surface area contributed by atoms with Crippen LogP contribution in [0, 0.1) is 12.7 Å². The molecule has 0 unspecified atom stereocenters. The third-order valence-corrected chi connectivity index (χ3v) is 2.94. The van der Waals surface area contributed by atoms with Crippen molar-refractivity contribution in [2.75, 3.05) is 0 Å². The van der Waals surface area contributed by atoms with E-state index in [0.717, 1.165) is 10.0 Å². The van der Waals surface area contributed by atoms with Gasteiger partial charge in [0.1, 0.15) is 5.82 Å². The van der Waals surface area contributed by atoms with Gasteiger partial charge in [0.15, 0.2) is 5.82 Å². The van der Waals surface area contributed by atoms with Crippen LogP contribution < -0.4 is 5.32 Å². The summed E-state index contributed by atoms with van der Waals surface area (Å²) in [5.41, 5.74) is 0.848. The molecule has 1 aromatic heterocycles. The summed E-state index contributed by atoms with van der Waals surface area (Å²) >= 11 is 3.36. The average Bonchev–Trinajstić information content (AvgIpc) is 2.69. The molecule has 2 rings (SSSR count). The van der Waals surface area contributed by atoms with Crippen molar-refractivity contribution in [2.24, 2.45) is 0 Å². The molecule has 0 aliphatic rings. The molecule has 1 N–H and O–H groups in total. The number of nitrogens with zero attached hydrogens (tertiary/aromatic N) is 2. The smallest absolute Gasteiger partial charge is 0.240 e. The number of aryl methyl sites for hydroxylation is 1. The van der Waals surface area contributed by atoms with Crippen molar-refractivity contribution >= 4 is 15.9 Å². The molecule has 17 heavy (non-hydrogen) atoms. The molecule has 0 amide bonds. The van der Waals surface area contributed by atoms with Gasteiger partial charge in [0.2, 0.25) is 5.89 Å². The molecule has 90 valence electrons. The van der Waals surface area contributed by atoms with Crippen LogP contribution >= 0.6 is 15.9 Å². The van der Waals surface area contributed by atoms with Gasteiger partial charge in [0, 0.05) is 11.0 Å². The summed E-state index contributed by atoms with van der Waals surface area (Å²) < 4.78 is 18.8. The first-order valence-electron chi connectivity index (χ1n) is 5.09. The van der Waals surface area contributed by atoms with Gasteiger partial charge in [-0.1, -0.05) is 21.1 Å². The van der Waals surface area contributed by atoms with Crippen molar-refractivity contribution in [1.29, 1.82) is 0 Å². The van der Waals surface area contributed by atoms with Gasteiger partial charge in [0.25, 0.3) is 0 Å². The highest BCUT2D eigenvalue weighted by Gasteiger charge is 2.04. The topological polar surface area (TPSA) is 51.0 Å². The van der Waals surface area contributed by atoms with E-state index in [1.165, 1.54) is 12.1 Å². The third-order valence-electron chi connectivity index (χ3n) is 2.17. The van der Waals surface area contributed by atoms with Crippen molar-refractivity contribution in [2.45, 2.75) is 20.0 Å². The van der Waals surface area contributed by atoms with E-state index in [9.17, 15) is 4.39 Å². The van der Waals surface area contributed by atoms with Gasteiger partial charge < -0.3 is 9.84 Å². The first-order valence-corrected chi connectivity index (χ1v) is 5.88. The Morgan fingerprint density at radius 3 is 2.94 bits per heavy atom. The molecule has 0 radical (unpaired) electrons. The monoisotopic (exact) mass is 299 g/mol. The Kier molecular flexibility index (Phi) is 3.86. The van der Waals surface area contributed by atoms with Crippen LogP contribution in [0.4, 0.5) is 4.39 Å². The predicted molar refractivity (Wildman–Crippen MR) is 63.7 cm³/mol. The second-order valence-electron chi connectivity index (χ2n) is 3.57. The molecule has 0 spiro atoms. The highest BCUT2D eigenvalue weighted by Crippen LogP contribution is 2.17. The Balaban J connectivity index is 1.91. The van der Waals surface area contributed by atoms with E-state index in [0.29, 0.717) is 24.8 Å². The van der Waals surface area contributed by atoms with Crippen LogP contribution in [0.3, 0.4) is 0 Å². The Labute approximate surface area is 106 Å². The highest BCUT2D eigenvalue weighted by atomic mass is 79.9. The number of aromatic nitrogens is 2. The number of hydrogen-bond acceptors (Lipinski definition) is 4. The predicted octanol–water partition coefficient (Wildman–Crippen LogP) is 2.57. The Morgan fingerprint density at radius 1 is 1.41 bits per heavy atom. The average molecular weight is 300 g/mol. The van der Waals surface area contributed by atoms with E-state index in [1.807, 2.05) is 0 Å². The minimum atomic E-state index is -0.251. The second-order valence-corrected chi connectivity index (χ2v) is 4.43. The van der Waals surface area contributed by atoms with Crippen LogP contribution in [0.15, 0.2) is 27.2 Å². The lowest BCUT2D eigenvalue weighted by atomic mass is 10.2. The fraction of sp³-hybridized carbons (Fsp3) is 0.273. The van der Waals surface area contributed by atoms with E-state index in [2.05, 4.69) is 31.4 Å². The first-order chi connectivity index (χ1) is 8.15. The fourth-order valence-electron chi connectivity index (χ4n) is 1.39. The standard InChI is InChI=1S/C11H11BrFN3O/c1-7-15-11(17-16-7)6-14-5-8-4-9(13)2-3-10(8)12/h2-4,14H,5-6H2,1H3. The largest absolute Gasteiger partial charge is 0.338 e. The highest BCUT2D eigenvalue weighted by molar-refractivity contribution is 9.10. The Morgan fingerprint density at radius 2 is 2.24 bits per heavy atom. The minimum Gasteiger partial charge on any atom is -0.338 e. The number of benzene rings is 1. The molecule has 0 saturated carbocycles. The molecule has 0 saturated heterocycles. The van der Waals surface area contributed by atoms with Crippen LogP contribution in [0.25, 0.3) is 0 Å². The van der Waals surface area contributed by atoms with E-state index >= 15 is 0 Å². The summed E-state index contributed by atoms with van der Waals surface area (Å²) in [5, 5.41) is 6.79. The molecule has 0 aliphatic carbocycles. The number of halogens is 2. The van der Waals surface area contributed by atoms with Crippen molar-refractivity contribution in [3.05, 3.63) is 45.8 Å². The zero-order valence-electron chi connectivity index (χ0n) is 9.20. The van der Waals surface area contributed by atoms with Crippen molar-refractivity contribution in [3.63, 3.8) is 0 Å². The van der Waals surface area contributed by atoms with Crippen LogP contribution in [0.2, 0.25) is 0 Å². The molecule has 0 atom stereocenters. The Hall–Kier alpha value is -1.27. The van der Waals surface area contributed by atoms with Gasteiger partial charge in [-0.15, -0.1) is 0 Å². The maximum Gasteiger partial charge on any atom is 0.240 e. The van der Waals surface area contributed by atoms with Gasteiger partial charge in [-0.05, 0) is 30.7 Å². The van der Waals surface area contributed by atoms with Crippen LogP contribution in [0.1, 0.15) is 17.3 Å². The Bertz CT molecular complexity index is 515. The summed E-state index contributed by atoms with van der Waals surface area (Å²) in [6.07, 6.45) is 0. The summed E-state index contributed by atoms with van der Waals surface area (Å²) in [6.45, 7) is 2.75. The van der Waals surface area contributed by atoms with Crippen LogP contribution in [0.5, 0.6) is 0 Å². The van der Waals surface area contributed by atoms with Crippen molar-refractivity contribution in [1.82, 2.24) is 15.5 Å². The molecule has 0 fully saturated rings. The van der Waals surface area contributed by atoms with E-state index in [4.69, 9.17) is 4.52 Å². The zero-order valence-corrected chi connectivity index (χ0v) is 10.8. The lowest BCUT2D eigenvalue weighted by molar-refractivity contribution is 0.364. The second kappa shape index (κ2) is 5.37. The molecule has 4 nitrogen and oxygen atoms in total. The van der Waals surface area contributed by atoms with Gasteiger partial charge >= 0.3 is 0 Å². The molecule has 1 aromatic carbocycles. The summed E-state index contributed by atoms with van der Waals surface area (Å²) in [7, 11) is 0. The van der Waals surface area contributed by atoms with E-state index in [-0.39, 0.29) is 5.82 Å². The van der Waals surface area contributed by atoms with Crippen molar-refractivity contribution < 1.29 is 8.91 Å². The fourth-order valence-corrected chi connectivity index (χ4v) is 1.78. The lowest BCUT2D eigenvalue weighted by Crippen LogP contribution is -2.13. The van der Waals surface area contributed by atoms with Gasteiger partial charge in [-0.3, -0.25) is 0 Å². The summed E-state index contributed by atoms with van der Waals surface area (Å²) in [5.74, 6) is 0.877. The van der Waals surface area contributed by atoms with Gasteiger partial charge in [-0.25, -0.2) is 4.39 Å². The zero-order chi connectivity index (χ0) is 12.3. The van der Waals surface area contributed by atoms with Crippen LogP contribution in [-0.2, 0) is 13.1 Å². The van der Waals surface area contributed by atoms with Crippen molar-refractivity contribution in [3.8, 4) is 0 Å². The molecule has 0 aliphatic heterocycles. The summed E-state index contributed by atoms with van der Waals surface area (Å²) in [4.78, 5) is 4.06. The normalized spacial score (nSPS) is 10.8. The maximum absolute atomic E-state index is 13.0.